The van der Waals surface area contributed by atoms with E-state index in [0.29, 0.717) is 10.6 Å². The molecule has 0 unspecified atom stereocenters. The number of phenols is 1. The lowest BCUT2D eigenvalue weighted by Gasteiger charge is -2.08. The van der Waals surface area contributed by atoms with Crippen LogP contribution in [0.3, 0.4) is 0 Å². The topological polar surface area (TPSA) is 40.5 Å². The smallest absolute Gasteiger partial charge is 0.139 e. The number of aliphatic hydroxyl groups is 1. The molecule has 0 atom stereocenters. The molecule has 0 fully saturated rings. The zero-order chi connectivity index (χ0) is 14.1. The first-order valence-electron chi connectivity index (χ1n) is 7.30. The molecule has 19 heavy (non-hydrogen) atoms. The van der Waals surface area contributed by atoms with E-state index in [9.17, 15) is 5.11 Å². The highest BCUT2D eigenvalue weighted by Gasteiger charge is 2.07. The first-order chi connectivity index (χ1) is 9.19. The fourth-order valence-electron chi connectivity index (χ4n) is 2.27. The minimum absolute atomic E-state index is 0.00693. The minimum atomic E-state index is -0.170. The van der Waals surface area contributed by atoms with E-state index in [-0.39, 0.29) is 12.4 Å². The molecule has 0 aliphatic carbocycles. The van der Waals surface area contributed by atoms with Gasteiger partial charge in [-0.05, 0) is 30.5 Å². The number of rotatable bonds is 9. The second-order valence-corrected chi connectivity index (χ2v) is 5.52. The van der Waals surface area contributed by atoms with Gasteiger partial charge >= 0.3 is 0 Å². The van der Waals surface area contributed by atoms with Gasteiger partial charge in [-0.15, -0.1) is 0 Å². The molecule has 0 amide bonds. The highest BCUT2D eigenvalue weighted by Crippen LogP contribution is 2.29. The second-order valence-electron chi connectivity index (χ2n) is 5.11. The van der Waals surface area contributed by atoms with E-state index in [2.05, 4.69) is 6.92 Å². The molecule has 1 aromatic carbocycles. The van der Waals surface area contributed by atoms with Gasteiger partial charge in [0.1, 0.15) is 5.75 Å². The standard InChI is InChI=1S/C16H25ClO2/c1-2-3-4-5-6-7-8-9-13-10-14(12-18)16(19)15(17)11-13/h10-11,18-19H,2-9,12H2,1H3. The number of benzene rings is 1. The molecule has 0 aliphatic heterocycles. The summed E-state index contributed by atoms with van der Waals surface area (Å²) in [7, 11) is 0. The van der Waals surface area contributed by atoms with Crippen molar-refractivity contribution in [1.82, 2.24) is 0 Å². The number of halogens is 1. The summed E-state index contributed by atoms with van der Waals surface area (Å²) in [5.41, 5.74) is 1.62. The summed E-state index contributed by atoms with van der Waals surface area (Å²) in [4.78, 5) is 0. The molecule has 0 aliphatic rings. The zero-order valence-corrected chi connectivity index (χ0v) is 12.5. The van der Waals surface area contributed by atoms with Crippen molar-refractivity contribution < 1.29 is 10.2 Å². The molecule has 0 radical (unpaired) electrons. The van der Waals surface area contributed by atoms with E-state index in [1.807, 2.05) is 6.07 Å². The van der Waals surface area contributed by atoms with E-state index in [4.69, 9.17) is 16.7 Å². The molecule has 0 saturated heterocycles. The number of aliphatic hydroxyl groups excluding tert-OH is 1. The summed E-state index contributed by atoms with van der Waals surface area (Å²) in [6.45, 7) is 2.06. The third-order valence-electron chi connectivity index (χ3n) is 3.44. The number of unbranched alkanes of at least 4 members (excludes halogenated alkanes) is 6. The molecule has 0 bridgehead atoms. The molecule has 108 valence electrons. The minimum Gasteiger partial charge on any atom is -0.506 e. The molecule has 2 nitrogen and oxygen atoms in total. The maximum absolute atomic E-state index is 9.62. The summed E-state index contributed by atoms with van der Waals surface area (Å²) < 4.78 is 0. The highest BCUT2D eigenvalue weighted by molar-refractivity contribution is 6.32. The van der Waals surface area contributed by atoms with Gasteiger partial charge in [-0.3, -0.25) is 0 Å². The molecule has 3 heteroatoms. The van der Waals surface area contributed by atoms with Gasteiger partial charge in [-0.25, -0.2) is 0 Å². The Bertz CT molecular complexity index is 377. The Morgan fingerprint density at radius 1 is 1.00 bits per heavy atom. The van der Waals surface area contributed by atoms with Crippen LogP contribution in [0.1, 0.15) is 63.0 Å². The summed E-state index contributed by atoms with van der Waals surface area (Å²) in [6, 6.07) is 3.64. The first kappa shape index (κ1) is 16.3. The van der Waals surface area contributed by atoms with Crippen molar-refractivity contribution >= 4 is 11.6 Å². The van der Waals surface area contributed by atoms with Gasteiger partial charge in [0.2, 0.25) is 0 Å². The molecule has 1 aromatic rings. The van der Waals surface area contributed by atoms with Crippen LogP contribution in [0.25, 0.3) is 0 Å². The van der Waals surface area contributed by atoms with E-state index in [1.54, 1.807) is 6.07 Å². The van der Waals surface area contributed by atoms with Crippen molar-refractivity contribution in [3.05, 3.63) is 28.3 Å². The van der Waals surface area contributed by atoms with Crippen LogP contribution >= 0.6 is 11.6 Å². The largest absolute Gasteiger partial charge is 0.506 e. The third kappa shape index (κ3) is 5.84. The molecule has 0 spiro atoms. The van der Waals surface area contributed by atoms with Gasteiger partial charge in [0.15, 0.2) is 0 Å². The van der Waals surface area contributed by atoms with Gasteiger partial charge in [0, 0.05) is 5.56 Å². The van der Waals surface area contributed by atoms with Gasteiger partial charge in [-0.2, -0.15) is 0 Å². The Hall–Kier alpha value is -0.730. The first-order valence-corrected chi connectivity index (χ1v) is 7.68. The second kappa shape index (κ2) is 9.22. The predicted molar refractivity (Wildman–Crippen MR) is 80.7 cm³/mol. The van der Waals surface area contributed by atoms with Gasteiger partial charge in [0.25, 0.3) is 0 Å². The lowest BCUT2D eigenvalue weighted by Crippen LogP contribution is -1.92. The van der Waals surface area contributed by atoms with Crippen LogP contribution in [0.4, 0.5) is 0 Å². The van der Waals surface area contributed by atoms with Crippen LogP contribution in [-0.2, 0) is 13.0 Å². The fourth-order valence-corrected chi connectivity index (χ4v) is 2.53. The van der Waals surface area contributed by atoms with Crippen LogP contribution in [0.5, 0.6) is 5.75 Å². The zero-order valence-electron chi connectivity index (χ0n) is 11.8. The molecule has 0 saturated carbocycles. The van der Waals surface area contributed by atoms with Crippen LogP contribution < -0.4 is 0 Å². The number of aryl methyl sites for hydroxylation is 1. The lowest BCUT2D eigenvalue weighted by molar-refractivity contribution is 0.275. The van der Waals surface area contributed by atoms with Crippen LogP contribution in [0.2, 0.25) is 5.02 Å². The van der Waals surface area contributed by atoms with Crippen molar-refractivity contribution in [2.45, 2.75) is 64.9 Å². The van der Waals surface area contributed by atoms with E-state index >= 15 is 0 Å². The van der Waals surface area contributed by atoms with Gasteiger partial charge in [-0.1, -0.05) is 57.0 Å². The van der Waals surface area contributed by atoms with Gasteiger partial charge in [0.05, 0.1) is 11.6 Å². The van der Waals surface area contributed by atoms with Crippen molar-refractivity contribution in [3.63, 3.8) is 0 Å². The summed E-state index contributed by atoms with van der Waals surface area (Å²) >= 11 is 5.93. The number of hydrogen-bond donors (Lipinski definition) is 2. The van der Waals surface area contributed by atoms with E-state index in [1.165, 1.54) is 38.5 Å². The molecule has 0 aromatic heterocycles. The summed E-state index contributed by atoms with van der Waals surface area (Å²) in [5, 5.41) is 19.1. The molecular weight excluding hydrogens is 260 g/mol. The Balaban J connectivity index is 2.31. The average Bonchev–Trinajstić information content (AvgIpc) is 2.41. The third-order valence-corrected chi connectivity index (χ3v) is 3.73. The Labute approximate surface area is 121 Å². The average molecular weight is 285 g/mol. The maximum Gasteiger partial charge on any atom is 0.139 e. The molecule has 0 heterocycles. The Kier molecular flexibility index (Phi) is 7.92. The van der Waals surface area contributed by atoms with Crippen LogP contribution in [-0.4, -0.2) is 10.2 Å². The molecule has 2 N–H and O–H groups in total. The summed E-state index contributed by atoms with van der Waals surface area (Å²) in [6.07, 6.45) is 9.92. The maximum atomic E-state index is 9.62. The van der Waals surface area contributed by atoms with Crippen molar-refractivity contribution in [2.75, 3.05) is 0 Å². The summed E-state index contributed by atoms with van der Waals surface area (Å²) in [5.74, 6) is 0.00693. The quantitative estimate of drug-likeness (QED) is 0.638. The van der Waals surface area contributed by atoms with Crippen LogP contribution in [0, 0.1) is 0 Å². The predicted octanol–water partition coefficient (Wildman–Crippen LogP) is 4.83. The Morgan fingerprint density at radius 3 is 2.26 bits per heavy atom. The van der Waals surface area contributed by atoms with Crippen molar-refractivity contribution in [3.8, 4) is 5.75 Å². The highest BCUT2D eigenvalue weighted by atomic mass is 35.5. The monoisotopic (exact) mass is 284 g/mol. The van der Waals surface area contributed by atoms with Crippen LogP contribution in [0.15, 0.2) is 12.1 Å². The van der Waals surface area contributed by atoms with Crippen molar-refractivity contribution in [2.24, 2.45) is 0 Å². The fraction of sp³-hybridized carbons (Fsp3) is 0.625. The van der Waals surface area contributed by atoms with E-state index < -0.39 is 0 Å². The lowest BCUT2D eigenvalue weighted by atomic mass is 10.0. The Morgan fingerprint density at radius 2 is 1.63 bits per heavy atom. The number of hydrogen-bond acceptors (Lipinski definition) is 2. The molecule has 1 rings (SSSR count). The molecular formula is C16H25ClO2. The van der Waals surface area contributed by atoms with E-state index in [0.717, 1.165) is 18.4 Å². The van der Waals surface area contributed by atoms with Gasteiger partial charge < -0.3 is 10.2 Å². The van der Waals surface area contributed by atoms with Crippen molar-refractivity contribution in [1.29, 1.82) is 0 Å². The normalized spacial score (nSPS) is 10.9. The number of aromatic hydroxyl groups is 1. The SMILES string of the molecule is CCCCCCCCCc1cc(Cl)c(O)c(CO)c1.